The van der Waals surface area contributed by atoms with Crippen molar-refractivity contribution in [3.05, 3.63) is 71.8 Å². The summed E-state index contributed by atoms with van der Waals surface area (Å²) in [5.74, 6) is -2.61. The zero-order chi connectivity index (χ0) is 29.1. The largest absolute Gasteiger partial charge is 0.454 e. The second kappa shape index (κ2) is 11.7. The molecule has 0 spiro atoms. The standard InChI is InChI=1S/C18H12F3N5O.C11H14N2O/c1-26-18-14(17(22)23-8-24-18)16(25-26)10-6-5-9(7-12(10)20)27-13-4-2-3-11(19)15(13)21;12-8-10(7-9-3-4-9)11(14)13-5-1-2-6-13/h2-8H,1H3,(H2,22,23,24);7,9H,1-6H2/b;10-7+. The van der Waals surface area contributed by atoms with Crippen molar-refractivity contribution in [2.45, 2.75) is 25.7 Å². The Morgan fingerprint density at radius 1 is 1.12 bits per heavy atom. The molecule has 0 bridgehead atoms. The summed E-state index contributed by atoms with van der Waals surface area (Å²) < 4.78 is 48.4. The van der Waals surface area contributed by atoms with Gasteiger partial charge in [0.15, 0.2) is 17.2 Å². The molecule has 1 aliphatic carbocycles. The monoisotopic (exact) mass is 561 g/mol. The maximum absolute atomic E-state index is 14.7. The number of aryl methyl sites for hydroxylation is 1. The number of allylic oxidation sites excluding steroid dienone is 1. The molecule has 2 fully saturated rings. The van der Waals surface area contributed by atoms with E-state index < -0.39 is 17.5 Å². The van der Waals surface area contributed by atoms with Crippen LogP contribution >= 0.6 is 0 Å². The Morgan fingerprint density at radius 2 is 1.88 bits per heavy atom. The molecule has 0 radical (unpaired) electrons. The number of rotatable bonds is 5. The SMILES string of the molecule is Cn1nc(-c2ccc(Oc3cccc(F)c3F)cc2F)c2c(N)ncnc21.N#C/C(=C\C1CC1)C(=O)N1CCCC1. The average Bonchev–Trinajstić information content (AvgIpc) is 3.48. The molecule has 9 nitrogen and oxygen atoms in total. The van der Waals surface area contributed by atoms with Crippen LogP contribution in [0.15, 0.2) is 54.4 Å². The Morgan fingerprint density at radius 3 is 2.56 bits per heavy atom. The van der Waals surface area contributed by atoms with Gasteiger partial charge in [0, 0.05) is 31.8 Å². The molecule has 1 amide bonds. The normalized spacial score (nSPS) is 14.9. The molecule has 12 heteroatoms. The van der Waals surface area contributed by atoms with Gasteiger partial charge in [0.2, 0.25) is 5.82 Å². The quantitative estimate of drug-likeness (QED) is 0.259. The highest BCUT2D eigenvalue weighted by Gasteiger charge is 2.25. The molecule has 4 aromatic rings. The third-order valence-electron chi connectivity index (χ3n) is 6.76. The predicted octanol–water partition coefficient (Wildman–Crippen LogP) is 5.29. The zero-order valence-corrected chi connectivity index (χ0v) is 22.1. The molecule has 2 aromatic carbocycles. The maximum Gasteiger partial charge on any atom is 0.264 e. The van der Waals surface area contributed by atoms with Gasteiger partial charge in [-0.3, -0.25) is 4.79 Å². The average molecular weight is 562 g/mol. The number of carbonyl (C=O) groups excluding carboxylic acids is 1. The number of nitrogens with two attached hydrogens (primary N) is 1. The van der Waals surface area contributed by atoms with E-state index in [-0.39, 0.29) is 34.5 Å². The van der Waals surface area contributed by atoms with Crippen LogP contribution in [0, 0.1) is 34.7 Å². The van der Waals surface area contributed by atoms with Crippen LogP contribution in [0.5, 0.6) is 11.5 Å². The van der Waals surface area contributed by atoms with E-state index in [1.54, 1.807) is 11.9 Å². The molecular weight excluding hydrogens is 535 g/mol. The van der Waals surface area contributed by atoms with E-state index in [1.807, 2.05) is 12.1 Å². The van der Waals surface area contributed by atoms with Gasteiger partial charge in [0.1, 0.15) is 41.0 Å². The van der Waals surface area contributed by atoms with Crippen LogP contribution in [-0.2, 0) is 11.8 Å². The van der Waals surface area contributed by atoms with Crippen LogP contribution in [0.2, 0.25) is 0 Å². The van der Waals surface area contributed by atoms with Gasteiger partial charge in [-0.25, -0.2) is 23.4 Å². The highest BCUT2D eigenvalue weighted by atomic mass is 19.2. The second-order valence-corrected chi connectivity index (χ2v) is 9.75. The molecule has 1 saturated heterocycles. The number of ether oxygens (including phenoxy) is 1. The third-order valence-corrected chi connectivity index (χ3v) is 6.76. The van der Waals surface area contributed by atoms with Gasteiger partial charge in [-0.2, -0.15) is 14.8 Å². The summed E-state index contributed by atoms with van der Waals surface area (Å²) in [4.78, 5) is 21.6. The van der Waals surface area contributed by atoms with Gasteiger partial charge in [-0.15, -0.1) is 0 Å². The van der Waals surface area contributed by atoms with Crippen molar-refractivity contribution in [2.75, 3.05) is 18.8 Å². The fraction of sp³-hybridized carbons (Fsp3) is 0.276. The van der Waals surface area contributed by atoms with Gasteiger partial charge in [-0.05, 0) is 55.9 Å². The first kappa shape index (κ1) is 27.6. The summed E-state index contributed by atoms with van der Waals surface area (Å²) in [6.07, 6.45) is 7.57. The minimum Gasteiger partial charge on any atom is -0.454 e. The number of hydrogen-bond acceptors (Lipinski definition) is 7. The Labute approximate surface area is 233 Å². The van der Waals surface area contributed by atoms with Crippen molar-refractivity contribution >= 4 is 22.8 Å². The van der Waals surface area contributed by atoms with E-state index >= 15 is 0 Å². The first-order valence-electron chi connectivity index (χ1n) is 13.0. The minimum absolute atomic E-state index is 0.00482. The molecule has 3 heterocycles. The highest BCUT2D eigenvalue weighted by Crippen LogP contribution is 2.34. The van der Waals surface area contributed by atoms with E-state index in [0.717, 1.165) is 50.9 Å². The van der Waals surface area contributed by atoms with Gasteiger partial charge in [0.05, 0.1) is 5.39 Å². The fourth-order valence-electron chi connectivity index (χ4n) is 4.48. The Hall–Kier alpha value is -4.92. The van der Waals surface area contributed by atoms with Gasteiger partial charge in [0.25, 0.3) is 5.91 Å². The number of aromatic nitrogens is 4. The number of nitrogens with zero attached hydrogens (tertiary/aromatic N) is 6. The molecule has 1 aliphatic heterocycles. The summed E-state index contributed by atoms with van der Waals surface area (Å²) in [6.45, 7) is 1.64. The van der Waals surface area contributed by atoms with E-state index in [2.05, 4.69) is 15.1 Å². The lowest BCUT2D eigenvalue weighted by molar-refractivity contribution is -0.125. The molecule has 2 N–H and O–H groups in total. The predicted molar refractivity (Wildman–Crippen MR) is 145 cm³/mol. The van der Waals surface area contributed by atoms with Crippen LogP contribution in [0.1, 0.15) is 25.7 Å². The topological polar surface area (TPSA) is 123 Å². The number of nitriles is 1. The van der Waals surface area contributed by atoms with Crippen molar-refractivity contribution in [1.29, 1.82) is 5.26 Å². The van der Waals surface area contributed by atoms with Crippen molar-refractivity contribution in [2.24, 2.45) is 13.0 Å². The Bertz CT molecular complexity index is 1690. The van der Waals surface area contributed by atoms with E-state index in [4.69, 9.17) is 15.7 Å². The number of carbonyl (C=O) groups is 1. The number of halogens is 3. The zero-order valence-electron chi connectivity index (χ0n) is 22.1. The summed E-state index contributed by atoms with van der Waals surface area (Å²) >= 11 is 0. The summed E-state index contributed by atoms with van der Waals surface area (Å²) in [6, 6.07) is 9.41. The Balaban J connectivity index is 0.000000202. The maximum atomic E-state index is 14.7. The second-order valence-electron chi connectivity index (χ2n) is 9.75. The third kappa shape index (κ3) is 5.99. The highest BCUT2D eigenvalue weighted by molar-refractivity contribution is 5.98. The van der Waals surface area contributed by atoms with Crippen molar-refractivity contribution in [3.8, 4) is 28.8 Å². The van der Waals surface area contributed by atoms with E-state index in [9.17, 15) is 18.0 Å². The summed E-state index contributed by atoms with van der Waals surface area (Å²) in [7, 11) is 1.65. The molecule has 41 heavy (non-hydrogen) atoms. The number of fused-ring (bicyclic) bond motifs is 1. The van der Waals surface area contributed by atoms with E-state index in [1.165, 1.54) is 35.3 Å². The number of hydrogen-bond donors (Lipinski definition) is 1. The first-order chi connectivity index (χ1) is 19.8. The minimum atomic E-state index is -1.15. The Kier molecular flexibility index (Phi) is 7.87. The number of anilines is 1. The number of benzene rings is 2. The van der Waals surface area contributed by atoms with Crippen LogP contribution in [0.3, 0.4) is 0 Å². The lowest BCUT2D eigenvalue weighted by Gasteiger charge is -2.13. The molecule has 0 atom stereocenters. The molecule has 2 aromatic heterocycles. The van der Waals surface area contributed by atoms with E-state index in [0.29, 0.717) is 22.5 Å². The number of amides is 1. The lowest BCUT2D eigenvalue weighted by atomic mass is 10.1. The van der Waals surface area contributed by atoms with Crippen molar-refractivity contribution in [1.82, 2.24) is 24.6 Å². The molecular formula is C29H26F3N7O2. The molecule has 1 saturated carbocycles. The first-order valence-corrected chi connectivity index (χ1v) is 13.0. The van der Waals surface area contributed by atoms with Crippen LogP contribution in [0.4, 0.5) is 19.0 Å². The van der Waals surface area contributed by atoms with Crippen molar-refractivity contribution in [3.63, 3.8) is 0 Å². The molecule has 6 rings (SSSR count). The smallest absolute Gasteiger partial charge is 0.264 e. The van der Waals surface area contributed by atoms with Crippen LogP contribution in [0.25, 0.3) is 22.3 Å². The number of nitrogen functional groups attached to an aromatic ring is 1. The fourth-order valence-corrected chi connectivity index (χ4v) is 4.48. The van der Waals surface area contributed by atoms with Gasteiger partial charge < -0.3 is 15.4 Å². The molecule has 0 unspecified atom stereocenters. The molecule has 210 valence electrons. The van der Waals surface area contributed by atoms with Crippen LogP contribution < -0.4 is 10.5 Å². The lowest BCUT2D eigenvalue weighted by Crippen LogP contribution is -2.28. The van der Waals surface area contributed by atoms with Gasteiger partial charge >= 0.3 is 0 Å². The number of likely N-dealkylation sites (tertiary alicyclic amines) is 1. The van der Waals surface area contributed by atoms with Crippen molar-refractivity contribution < 1.29 is 22.7 Å². The van der Waals surface area contributed by atoms with Gasteiger partial charge in [-0.1, -0.05) is 12.1 Å². The summed E-state index contributed by atoms with van der Waals surface area (Å²) in [5.41, 5.74) is 7.12. The van der Waals surface area contributed by atoms with Crippen LogP contribution in [-0.4, -0.2) is 43.6 Å². The summed E-state index contributed by atoms with van der Waals surface area (Å²) in [5, 5.41) is 13.6. The molecule has 2 aliphatic rings.